The first-order chi connectivity index (χ1) is 6.83. The van der Waals surface area contributed by atoms with Crippen molar-refractivity contribution in [2.24, 2.45) is 0 Å². The zero-order valence-electron chi connectivity index (χ0n) is 10.6. The summed E-state index contributed by atoms with van der Waals surface area (Å²) in [5, 5.41) is 3.72. The van der Waals surface area contributed by atoms with Crippen molar-refractivity contribution in [2.45, 2.75) is 84.7 Å². The monoisotopic (exact) mass is 199 g/mol. The predicted molar refractivity (Wildman–Crippen MR) is 65.7 cm³/mol. The molecule has 0 aromatic heterocycles. The van der Waals surface area contributed by atoms with Crippen molar-refractivity contribution in [1.82, 2.24) is 5.32 Å². The smallest absolute Gasteiger partial charge is 0.00695 e. The Balaban J connectivity index is 0.000000791. The highest BCUT2D eigenvalue weighted by Crippen LogP contribution is 2.18. The Morgan fingerprint density at radius 1 is 1.14 bits per heavy atom. The van der Waals surface area contributed by atoms with E-state index in [4.69, 9.17) is 0 Å². The van der Waals surface area contributed by atoms with Crippen molar-refractivity contribution in [3.63, 3.8) is 0 Å². The van der Waals surface area contributed by atoms with Gasteiger partial charge in [-0.2, -0.15) is 0 Å². The van der Waals surface area contributed by atoms with Crippen LogP contribution in [0, 0.1) is 0 Å². The van der Waals surface area contributed by atoms with Gasteiger partial charge in [0.05, 0.1) is 0 Å². The average Bonchev–Trinajstić information content (AvgIpc) is 2.22. The number of hydrogen-bond acceptors (Lipinski definition) is 1. The lowest BCUT2D eigenvalue weighted by Crippen LogP contribution is -2.37. The molecule has 0 spiro atoms. The highest BCUT2D eigenvalue weighted by Gasteiger charge is 2.14. The van der Waals surface area contributed by atoms with Crippen LogP contribution in [0.1, 0.15) is 72.6 Å². The van der Waals surface area contributed by atoms with E-state index in [0.29, 0.717) is 0 Å². The van der Waals surface area contributed by atoms with Gasteiger partial charge in [-0.15, -0.1) is 0 Å². The van der Waals surface area contributed by atoms with Crippen LogP contribution in [0.15, 0.2) is 0 Å². The molecule has 1 saturated carbocycles. The molecule has 1 unspecified atom stereocenters. The zero-order chi connectivity index (χ0) is 10.8. The molecular weight excluding hydrogens is 170 g/mol. The first-order valence-corrected chi connectivity index (χ1v) is 6.59. The zero-order valence-corrected chi connectivity index (χ0v) is 10.6. The first kappa shape index (κ1) is 14.0. The number of nitrogens with one attached hydrogen (secondary N) is 1. The summed E-state index contributed by atoms with van der Waals surface area (Å²) in [5.74, 6) is 0. The van der Waals surface area contributed by atoms with E-state index in [1.807, 2.05) is 13.8 Å². The maximum atomic E-state index is 3.72. The summed E-state index contributed by atoms with van der Waals surface area (Å²) in [5.41, 5.74) is 0. The number of rotatable bonds is 4. The van der Waals surface area contributed by atoms with E-state index in [9.17, 15) is 0 Å². The predicted octanol–water partition coefficient (Wildman–Crippen LogP) is 4.12. The molecule has 1 N–H and O–H groups in total. The molecule has 0 bridgehead atoms. The van der Waals surface area contributed by atoms with Crippen LogP contribution in [0.25, 0.3) is 0 Å². The summed E-state index contributed by atoms with van der Waals surface area (Å²) >= 11 is 0. The molecule has 0 aliphatic heterocycles. The third-order valence-corrected chi connectivity index (χ3v) is 2.85. The van der Waals surface area contributed by atoms with Gasteiger partial charge in [-0.3, -0.25) is 0 Å². The van der Waals surface area contributed by atoms with Gasteiger partial charge in [-0.1, -0.05) is 46.5 Å². The molecule has 1 atom stereocenters. The summed E-state index contributed by atoms with van der Waals surface area (Å²) < 4.78 is 0. The van der Waals surface area contributed by atoms with Crippen LogP contribution in [-0.2, 0) is 0 Å². The molecule has 86 valence electrons. The topological polar surface area (TPSA) is 12.0 Å². The molecular formula is C13H29N. The van der Waals surface area contributed by atoms with Crippen LogP contribution in [-0.4, -0.2) is 12.1 Å². The molecule has 0 aromatic rings. The minimum Gasteiger partial charge on any atom is -0.312 e. The first-order valence-electron chi connectivity index (χ1n) is 6.59. The molecule has 0 radical (unpaired) electrons. The largest absolute Gasteiger partial charge is 0.312 e. The van der Waals surface area contributed by atoms with Gasteiger partial charge in [0.1, 0.15) is 0 Å². The lowest BCUT2D eigenvalue weighted by atomic mass is 9.94. The molecule has 0 heterocycles. The van der Waals surface area contributed by atoms with E-state index in [1.165, 1.54) is 44.9 Å². The van der Waals surface area contributed by atoms with Crippen LogP contribution in [0.5, 0.6) is 0 Å². The summed E-state index contributed by atoms with van der Waals surface area (Å²) in [6.45, 7) is 8.58. The van der Waals surface area contributed by atoms with Crippen molar-refractivity contribution in [3.8, 4) is 0 Å². The molecule has 0 amide bonds. The van der Waals surface area contributed by atoms with Crippen molar-refractivity contribution in [3.05, 3.63) is 0 Å². The fourth-order valence-corrected chi connectivity index (χ4v) is 2.19. The summed E-state index contributed by atoms with van der Waals surface area (Å²) in [6.07, 6.45) is 9.80. The van der Waals surface area contributed by atoms with Crippen LogP contribution < -0.4 is 5.32 Å². The van der Waals surface area contributed by atoms with Crippen LogP contribution in [0.4, 0.5) is 0 Å². The molecule has 0 saturated heterocycles. The molecule has 1 fully saturated rings. The molecule has 1 heteroatoms. The standard InChI is InChI=1S/C11H23N.C2H6/c1-3-7-10(2)12-11-8-5-4-6-9-11;1-2/h10-12H,3-9H2,1-2H3;1-2H3. The SMILES string of the molecule is CC.CCCC(C)NC1CCCCC1. The maximum absolute atomic E-state index is 3.72. The van der Waals surface area contributed by atoms with Crippen molar-refractivity contribution in [2.75, 3.05) is 0 Å². The second-order valence-electron chi connectivity index (χ2n) is 4.19. The second-order valence-corrected chi connectivity index (χ2v) is 4.19. The van der Waals surface area contributed by atoms with Gasteiger partial charge in [-0.25, -0.2) is 0 Å². The fraction of sp³-hybridized carbons (Fsp3) is 1.00. The summed E-state index contributed by atoms with van der Waals surface area (Å²) in [4.78, 5) is 0. The molecule has 1 aliphatic carbocycles. The molecule has 1 nitrogen and oxygen atoms in total. The van der Waals surface area contributed by atoms with Gasteiger partial charge >= 0.3 is 0 Å². The Morgan fingerprint density at radius 3 is 2.21 bits per heavy atom. The van der Waals surface area contributed by atoms with E-state index < -0.39 is 0 Å². The van der Waals surface area contributed by atoms with Crippen LogP contribution >= 0.6 is 0 Å². The van der Waals surface area contributed by atoms with Crippen molar-refractivity contribution < 1.29 is 0 Å². The van der Waals surface area contributed by atoms with Gasteiger partial charge in [0, 0.05) is 12.1 Å². The van der Waals surface area contributed by atoms with Gasteiger partial charge in [0.15, 0.2) is 0 Å². The lowest BCUT2D eigenvalue weighted by molar-refractivity contribution is 0.336. The fourth-order valence-electron chi connectivity index (χ4n) is 2.19. The molecule has 14 heavy (non-hydrogen) atoms. The van der Waals surface area contributed by atoms with E-state index in [0.717, 1.165) is 12.1 Å². The highest BCUT2D eigenvalue weighted by atomic mass is 14.9. The highest BCUT2D eigenvalue weighted by molar-refractivity contribution is 4.74. The van der Waals surface area contributed by atoms with Crippen molar-refractivity contribution in [1.29, 1.82) is 0 Å². The van der Waals surface area contributed by atoms with Gasteiger partial charge in [0.2, 0.25) is 0 Å². The summed E-state index contributed by atoms with van der Waals surface area (Å²) in [7, 11) is 0. The van der Waals surface area contributed by atoms with E-state index >= 15 is 0 Å². The Hall–Kier alpha value is -0.0400. The van der Waals surface area contributed by atoms with Crippen molar-refractivity contribution >= 4 is 0 Å². The van der Waals surface area contributed by atoms with Gasteiger partial charge < -0.3 is 5.32 Å². The Kier molecular flexibility index (Phi) is 9.49. The number of hydrogen-bond donors (Lipinski definition) is 1. The lowest BCUT2D eigenvalue weighted by Gasteiger charge is -2.26. The Labute approximate surface area is 90.7 Å². The normalized spacial score (nSPS) is 19.7. The van der Waals surface area contributed by atoms with Crippen LogP contribution in [0.3, 0.4) is 0 Å². The summed E-state index contributed by atoms with van der Waals surface area (Å²) in [6, 6.07) is 1.57. The third kappa shape index (κ3) is 6.42. The molecule has 1 rings (SSSR count). The Morgan fingerprint density at radius 2 is 1.71 bits per heavy atom. The van der Waals surface area contributed by atoms with Gasteiger partial charge in [0.25, 0.3) is 0 Å². The average molecular weight is 199 g/mol. The second kappa shape index (κ2) is 9.51. The quantitative estimate of drug-likeness (QED) is 0.718. The molecule has 0 aromatic carbocycles. The van der Waals surface area contributed by atoms with E-state index in [1.54, 1.807) is 0 Å². The third-order valence-electron chi connectivity index (χ3n) is 2.85. The minimum absolute atomic E-state index is 0.734. The maximum Gasteiger partial charge on any atom is 0.00695 e. The van der Waals surface area contributed by atoms with E-state index in [-0.39, 0.29) is 0 Å². The molecule has 1 aliphatic rings. The van der Waals surface area contributed by atoms with Gasteiger partial charge in [-0.05, 0) is 26.2 Å². The minimum atomic E-state index is 0.734. The van der Waals surface area contributed by atoms with E-state index in [2.05, 4.69) is 19.2 Å². The Bertz CT molecular complexity index is 106. The van der Waals surface area contributed by atoms with Crippen LogP contribution in [0.2, 0.25) is 0 Å².